The Bertz CT molecular complexity index is 1650. The number of fused-ring (bicyclic) bond motifs is 3. The second-order valence-corrected chi connectivity index (χ2v) is 26.0. The lowest BCUT2D eigenvalue weighted by molar-refractivity contribution is -0.302. The quantitative estimate of drug-likeness (QED) is 0.0753. The summed E-state index contributed by atoms with van der Waals surface area (Å²) in [7, 11) is 2.01. The molecule has 14 heteroatoms. The number of esters is 1. The molecule has 3 heterocycles. The fourth-order valence-electron chi connectivity index (χ4n) is 10.6. The minimum absolute atomic E-state index is 0.0514. The Hall–Kier alpha value is -1.97. The molecule has 1 aliphatic carbocycles. The van der Waals surface area contributed by atoms with E-state index < -0.39 is 73.2 Å². The molecule has 3 aliphatic heterocycles. The second kappa shape index (κ2) is 22.7. The summed E-state index contributed by atoms with van der Waals surface area (Å²) in [6.45, 7) is 19.9. The maximum Gasteiger partial charge on any atom is 0.329 e. The van der Waals surface area contributed by atoms with Crippen LogP contribution in [0.2, 0.25) is 18.1 Å². The van der Waals surface area contributed by atoms with Crippen molar-refractivity contribution in [1.29, 1.82) is 0 Å². The zero-order valence-electron chi connectivity index (χ0n) is 40.7. The number of piperidine rings is 1. The van der Waals surface area contributed by atoms with Crippen molar-refractivity contribution in [2.24, 2.45) is 35.5 Å². The van der Waals surface area contributed by atoms with Crippen LogP contribution in [0.1, 0.15) is 132 Å². The Morgan fingerprint density at radius 2 is 1.60 bits per heavy atom. The average Bonchev–Trinajstić information content (AvgIpc) is 3.23. The molecule has 1 saturated carbocycles. The number of carbonyl (C=O) groups is 4. The van der Waals surface area contributed by atoms with Crippen molar-refractivity contribution in [3.63, 3.8) is 0 Å². The third kappa shape index (κ3) is 12.9. The van der Waals surface area contributed by atoms with E-state index in [0.29, 0.717) is 44.9 Å². The molecule has 4 aliphatic rings. The molecule has 0 radical (unpaired) electrons. The summed E-state index contributed by atoms with van der Waals surface area (Å²) in [5, 5.41) is 11.6. The highest BCUT2D eigenvalue weighted by molar-refractivity contribution is 6.72. The van der Waals surface area contributed by atoms with E-state index in [0.717, 1.165) is 24.0 Å². The van der Waals surface area contributed by atoms with Crippen molar-refractivity contribution in [2.45, 2.75) is 198 Å². The monoisotopic (exact) mass is 924 g/mol. The molecule has 4 rings (SSSR count). The van der Waals surface area contributed by atoms with E-state index in [-0.39, 0.29) is 72.7 Å². The Morgan fingerprint density at radius 1 is 0.968 bits per heavy atom. The first-order chi connectivity index (χ1) is 29.4. The number of nitrogens with zero attached hydrogens (tertiary/aromatic N) is 1. The number of alkyl halides is 1. The number of aliphatic hydroxyl groups is 1. The molecule has 360 valence electrons. The van der Waals surface area contributed by atoms with Crippen LogP contribution in [0.4, 0.5) is 0 Å². The SMILES string of the molecule is CC[C@@H]1/C=C(\C)C[C@H](C)C[C@H](OC)[C@H]2O[C@@](O)(C(=O)C(=O)N3CCCC[C@H]3C(=O)O[C@H](/C(C)=C/C3CC[C@H](Cl)[C@H](OC)C3)[C@@H](C)[C@@H](CC(C)(C)[Si](C)(C)O)CC1=O)[C@H](C)C[C@@H]2OC. The minimum Gasteiger partial charge on any atom is -0.456 e. The van der Waals surface area contributed by atoms with Crippen LogP contribution in [0.15, 0.2) is 23.3 Å². The number of ketones is 2. The summed E-state index contributed by atoms with van der Waals surface area (Å²) in [5.74, 6) is -6.85. The van der Waals surface area contributed by atoms with Gasteiger partial charge >= 0.3 is 5.97 Å². The number of amides is 1. The number of cyclic esters (lactones) is 1. The lowest BCUT2D eigenvalue weighted by Crippen LogP contribution is -2.64. The number of methoxy groups -OCH3 is 3. The highest BCUT2D eigenvalue weighted by Gasteiger charge is 2.57. The number of rotatable bonds is 9. The minimum atomic E-state index is -2.77. The van der Waals surface area contributed by atoms with Crippen LogP contribution in [-0.2, 0) is 42.9 Å². The molecule has 0 aromatic heterocycles. The number of ether oxygens (including phenoxy) is 5. The fraction of sp³-hybridized carbons (Fsp3) is 0.837. The zero-order chi connectivity index (χ0) is 47.2. The lowest BCUT2D eigenvalue weighted by atomic mass is 9.75. The van der Waals surface area contributed by atoms with Crippen molar-refractivity contribution in [3.8, 4) is 0 Å². The maximum absolute atomic E-state index is 14.8. The largest absolute Gasteiger partial charge is 0.456 e. The molecule has 2 bridgehead atoms. The number of hydrogen-bond donors (Lipinski definition) is 2. The van der Waals surface area contributed by atoms with Gasteiger partial charge in [-0.3, -0.25) is 14.4 Å². The summed E-state index contributed by atoms with van der Waals surface area (Å²) in [5.41, 5.74) is 1.88. The van der Waals surface area contributed by atoms with E-state index in [9.17, 15) is 29.1 Å². The topological polar surface area (TPSA) is 158 Å². The molecule has 63 heavy (non-hydrogen) atoms. The van der Waals surface area contributed by atoms with Gasteiger partial charge in [-0.1, -0.05) is 59.3 Å². The molecule has 14 atom stereocenters. The first-order valence-electron chi connectivity index (χ1n) is 23.7. The summed E-state index contributed by atoms with van der Waals surface area (Å²) < 4.78 is 30.6. The molecule has 2 N–H and O–H groups in total. The van der Waals surface area contributed by atoms with Crippen LogP contribution < -0.4 is 0 Å². The van der Waals surface area contributed by atoms with Gasteiger partial charge < -0.3 is 38.5 Å². The van der Waals surface area contributed by atoms with Crippen molar-refractivity contribution < 1.29 is 52.8 Å². The molecule has 12 nitrogen and oxygen atoms in total. The van der Waals surface area contributed by atoms with E-state index in [4.69, 9.17) is 35.3 Å². The molecule has 0 spiro atoms. The number of carbonyl (C=O) groups excluding carboxylic acids is 4. The first-order valence-corrected chi connectivity index (χ1v) is 27.1. The van der Waals surface area contributed by atoms with Gasteiger partial charge in [0.1, 0.15) is 24.0 Å². The Kier molecular flexibility index (Phi) is 19.3. The number of hydrogen-bond acceptors (Lipinski definition) is 11. The Morgan fingerprint density at radius 3 is 2.21 bits per heavy atom. The lowest BCUT2D eigenvalue weighted by Gasteiger charge is -2.47. The van der Waals surface area contributed by atoms with Crippen LogP contribution in [0.5, 0.6) is 0 Å². The van der Waals surface area contributed by atoms with Crippen LogP contribution in [0.3, 0.4) is 0 Å². The van der Waals surface area contributed by atoms with E-state index in [2.05, 4.69) is 32.9 Å². The van der Waals surface area contributed by atoms with Crippen LogP contribution in [0.25, 0.3) is 0 Å². The number of Topliss-reactive ketones (excluding diaryl/α,β-unsaturated/α-hetero) is 2. The molecule has 1 amide bonds. The molecule has 0 aromatic rings. The molecule has 2 saturated heterocycles. The van der Waals surface area contributed by atoms with Gasteiger partial charge in [-0.15, -0.1) is 11.6 Å². The van der Waals surface area contributed by atoms with Crippen molar-refractivity contribution >= 4 is 43.4 Å². The Labute approximate surface area is 384 Å². The molecule has 0 aromatic carbocycles. The Balaban J connectivity index is 1.88. The van der Waals surface area contributed by atoms with Gasteiger partial charge in [-0.25, -0.2) is 4.79 Å². The predicted octanol–water partition coefficient (Wildman–Crippen LogP) is 8.34. The molecular weight excluding hydrogens is 842 g/mol. The highest BCUT2D eigenvalue weighted by Crippen LogP contribution is 2.46. The van der Waals surface area contributed by atoms with Gasteiger partial charge in [0.25, 0.3) is 11.7 Å². The predicted molar refractivity (Wildman–Crippen MR) is 248 cm³/mol. The molecule has 1 unspecified atom stereocenters. The second-order valence-electron chi connectivity index (χ2n) is 20.9. The van der Waals surface area contributed by atoms with Gasteiger partial charge in [-0.05, 0) is 126 Å². The number of allylic oxidation sites excluding steroid dienone is 3. The van der Waals surface area contributed by atoms with Gasteiger partial charge in [0, 0.05) is 52.0 Å². The van der Waals surface area contributed by atoms with Gasteiger partial charge in [0.05, 0.1) is 23.7 Å². The normalized spacial score (nSPS) is 38.9. The molecule has 3 fully saturated rings. The molecular formula is C49H82ClNO11Si. The van der Waals surface area contributed by atoms with E-state index >= 15 is 0 Å². The third-order valence-corrected chi connectivity index (χ3v) is 19.5. The smallest absolute Gasteiger partial charge is 0.329 e. The zero-order valence-corrected chi connectivity index (χ0v) is 42.5. The summed E-state index contributed by atoms with van der Waals surface area (Å²) in [6, 6.07) is -1.09. The highest BCUT2D eigenvalue weighted by atomic mass is 35.5. The van der Waals surface area contributed by atoms with Gasteiger partial charge in [0.15, 0.2) is 8.32 Å². The van der Waals surface area contributed by atoms with E-state index in [1.54, 1.807) is 28.3 Å². The fourth-order valence-corrected chi connectivity index (χ4v) is 11.7. The third-order valence-electron chi connectivity index (χ3n) is 15.5. The van der Waals surface area contributed by atoms with Crippen LogP contribution in [-0.4, -0.2) is 122 Å². The maximum atomic E-state index is 14.8. The summed E-state index contributed by atoms with van der Waals surface area (Å²) >= 11 is 6.64. The van der Waals surface area contributed by atoms with Crippen LogP contribution in [0, 0.1) is 35.5 Å². The van der Waals surface area contributed by atoms with Gasteiger partial charge in [-0.2, -0.15) is 0 Å². The standard InChI is InChI=1S/C49H82ClNO11Si/c1-14-35-22-29(2)21-30(3)23-41(59-10)44-42(60-11)25-32(5)49(56,62-44)45(53)46(54)51-20-16-15-17-38(51)47(55)61-43(31(4)24-34-18-19-37(50)40(26-34)58-9)33(6)36(27-39(35)52)28-48(7,8)63(12,13)57/h22,24,30,32-38,40-44,56-57H,14-21,23,25-28H2,1-13H3/b29-22+,31-24+/t30-,32+,33-,34?,35+,36+,37-,38-,40+,41-,42-,43+,44+,49+/m0/s1. The van der Waals surface area contributed by atoms with E-state index in [1.807, 2.05) is 40.8 Å². The van der Waals surface area contributed by atoms with Crippen molar-refractivity contribution in [3.05, 3.63) is 23.3 Å². The van der Waals surface area contributed by atoms with Crippen molar-refractivity contribution in [1.82, 2.24) is 4.90 Å². The van der Waals surface area contributed by atoms with Crippen molar-refractivity contribution in [2.75, 3.05) is 27.9 Å². The summed E-state index contributed by atoms with van der Waals surface area (Å²) in [6.07, 6.45) is 7.80. The van der Waals surface area contributed by atoms with Crippen LogP contribution >= 0.6 is 11.6 Å². The number of halogens is 1. The van der Waals surface area contributed by atoms with E-state index in [1.165, 1.54) is 4.90 Å². The summed E-state index contributed by atoms with van der Waals surface area (Å²) in [4.78, 5) is 71.2. The first kappa shape index (κ1) is 53.6. The van der Waals surface area contributed by atoms with Gasteiger partial charge in [0.2, 0.25) is 5.79 Å². The average molecular weight is 925 g/mol.